The largest absolute Gasteiger partial charge is 0.465 e. The molecule has 3 N–H and O–H groups in total. The van der Waals surface area contributed by atoms with E-state index in [1.54, 1.807) is 39.0 Å². The van der Waals surface area contributed by atoms with Crippen molar-refractivity contribution in [3.63, 3.8) is 0 Å². The minimum Gasteiger partial charge on any atom is -0.465 e. The van der Waals surface area contributed by atoms with Crippen LogP contribution in [0.4, 0.5) is 29.7 Å². The highest BCUT2D eigenvalue weighted by atomic mass is 35.5. The summed E-state index contributed by atoms with van der Waals surface area (Å²) in [6.07, 6.45) is 9.58. The van der Waals surface area contributed by atoms with E-state index < -0.39 is 35.4 Å². The van der Waals surface area contributed by atoms with Crippen molar-refractivity contribution in [2.75, 3.05) is 49.9 Å². The van der Waals surface area contributed by atoms with Crippen molar-refractivity contribution in [1.82, 2.24) is 19.6 Å². The van der Waals surface area contributed by atoms with Gasteiger partial charge in [-0.3, -0.25) is 9.59 Å². The van der Waals surface area contributed by atoms with Crippen LogP contribution in [0.15, 0.2) is 73.9 Å². The number of benzene rings is 2. The molecule has 0 aliphatic carbocycles. The zero-order valence-corrected chi connectivity index (χ0v) is 45.5. The van der Waals surface area contributed by atoms with Crippen LogP contribution in [0.3, 0.4) is 0 Å². The molecule has 16 heteroatoms. The van der Waals surface area contributed by atoms with Gasteiger partial charge in [-0.15, -0.1) is 13.2 Å². The first-order valence-corrected chi connectivity index (χ1v) is 25.3. The number of carbonyl (C=O) groups excluding carboxylic acids is 3. The van der Waals surface area contributed by atoms with Crippen molar-refractivity contribution < 1.29 is 37.8 Å². The summed E-state index contributed by atoms with van der Waals surface area (Å²) in [5, 5.41) is 15.9. The normalized spacial score (nSPS) is 18.2. The Morgan fingerprint density at radius 1 is 0.814 bits per heavy atom. The Morgan fingerprint density at radius 2 is 1.34 bits per heavy atom. The number of rotatable bonds is 11. The fraction of sp³-hybridized carbons (Fsp3) is 0.593. The molecule has 2 aromatic carbocycles. The van der Waals surface area contributed by atoms with Crippen LogP contribution in [-0.2, 0) is 14.3 Å². The van der Waals surface area contributed by atoms with Crippen LogP contribution in [0.5, 0.6) is 0 Å². The van der Waals surface area contributed by atoms with Gasteiger partial charge in [-0.25, -0.2) is 18.4 Å². The van der Waals surface area contributed by atoms with Crippen LogP contribution in [0, 0.1) is 29.4 Å². The number of likely N-dealkylation sites (tertiary alicyclic amines) is 2. The number of hydrogen-bond donors (Lipinski definition) is 3. The van der Waals surface area contributed by atoms with Gasteiger partial charge in [-0.2, -0.15) is 0 Å². The van der Waals surface area contributed by atoms with Crippen molar-refractivity contribution in [2.45, 2.75) is 151 Å². The fourth-order valence-electron chi connectivity index (χ4n) is 7.17. The number of amides is 4. The molecule has 4 atom stereocenters. The van der Waals surface area contributed by atoms with E-state index in [1.807, 2.05) is 32.9 Å². The molecule has 70 heavy (non-hydrogen) atoms. The number of ether oxygens (including phenoxy) is 1. The maximum atomic E-state index is 13.8. The fourth-order valence-corrected chi connectivity index (χ4v) is 7.61. The highest BCUT2D eigenvalue weighted by Crippen LogP contribution is 2.26. The van der Waals surface area contributed by atoms with E-state index in [-0.39, 0.29) is 40.0 Å². The van der Waals surface area contributed by atoms with Crippen molar-refractivity contribution >= 4 is 58.6 Å². The van der Waals surface area contributed by atoms with E-state index in [2.05, 4.69) is 86.1 Å². The van der Waals surface area contributed by atoms with Gasteiger partial charge in [0.15, 0.2) is 0 Å². The predicted octanol–water partition coefficient (Wildman–Crippen LogP) is 13.4. The van der Waals surface area contributed by atoms with E-state index >= 15 is 0 Å². The summed E-state index contributed by atoms with van der Waals surface area (Å²) in [5.41, 5.74) is 0.262. The lowest BCUT2D eigenvalue weighted by atomic mass is 10.0. The molecular formula is C54H84Cl2F2N6O6. The molecule has 0 radical (unpaired) electrons. The molecule has 2 fully saturated rings. The van der Waals surface area contributed by atoms with Gasteiger partial charge in [0.1, 0.15) is 29.3 Å². The predicted molar refractivity (Wildman–Crippen MR) is 285 cm³/mol. The Bertz CT molecular complexity index is 1920. The number of piperidine rings is 2. The van der Waals surface area contributed by atoms with E-state index in [9.17, 15) is 33.1 Å². The number of hydrogen-bond acceptors (Lipinski definition) is 7. The van der Waals surface area contributed by atoms with Crippen LogP contribution < -0.4 is 10.6 Å². The van der Waals surface area contributed by atoms with Crippen molar-refractivity contribution in [3.05, 3.63) is 95.5 Å². The van der Waals surface area contributed by atoms with E-state index in [0.717, 1.165) is 43.4 Å². The molecule has 394 valence electrons. The SMILES string of the molecule is C=CC[C@@H](Nc1cc(F)cc(Cl)c1)C(=O)N(CC=C)[C@@H]1CCCN(C(=O)OC(C)(C)C)C1.CC(C)C.CC(C)C.CC(C)C.O=C(O)N1CCC[C@@H](N2CC=CC[C@@H](Nc3cc(F)cc(Cl)c3)C2=O)C1. The lowest BCUT2D eigenvalue weighted by Crippen LogP contribution is -2.55. The zero-order chi connectivity index (χ0) is 53.3. The van der Waals surface area contributed by atoms with Gasteiger partial charge >= 0.3 is 12.2 Å². The summed E-state index contributed by atoms with van der Waals surface area (Å²) >= 11 is 11.8. The van der Waals surface area contributed by atoms with Crippen LogP contribution in [0.2, 0.25) is 10.0 Å². The highest BCUT2D eigenvalue weighted by molar-refractivity contribution is 6.31. The molecule has 0 bridgehead atoms. The van der Waals surface area contributed by atoms with E-state index in [1.165, 1.54) is 29.2 Å². The smallest absolute Gasteiger partial charge is 0.410 e. The van der Waals surface area contributed by atoms with Crippen molar-refractivity contribution in [1.29, 1.82) is 0 Å². The molecular weight excluding hydrogens is 938 g/mol. The molecule has 2 aromatic rings. The monoisotopic (exact) mass is 1020 g/mol. The Morgan fingerprint density at radius 3 is 1.86 bits per heavy atom. The summed E-state index contributed by atoms with van der Waals surface area (Å²) in [6.45, 7) is 35.0. The Kier molecular flexibility index (Phi) is 29.1. The molecule has 4 amide bonds. The number of carbonyl (C=O) groups is 4. The van der Waals surface area contributed by atoms with Gasteiger partial charge in [0.25, 0.3) is 0 Å². The molecule has 0 spiro atoms. The molecule has 0 aromatic heterocycles. The van der Waals surface area contributed by atoms with Gasteiger partial charge in [-0.05, 0) is 113 Å². The quantitative estimate of drug-likeness (QED) is 0.189. The first-order chi connectivity index (χ1) is 32.7. The average Bonchev–Trinajstić information content (AvgIpc) is 3.41. The number of nitrogens with one attached hydrogen (secondary N) is 2. The second-order valence-corrected chi connectivity index (χ2v) is 21.5. The Labute approximate surface area is 428 Å². The van der Waals surface area contributed by atoms with Gasteiger partial charge in [0, 0.05) is 72.8 Å². The molecule has 3 aliphatic heterocycles. The van der Waals surface area contributed by atoms with E-state index in [0.29, 0.717) is 63.5 Å². The minimum absolute atomic E-state index is 0.118. The average molecular weight is 1020 g/mol. The van der Waals surface area contributed by atoms with E-state index in [4.69, 9.17) is 27.9 Å². The molecule has 5 rings (SSSR count). The summed E-state index contributed by atoms with van der Waals surface area (Å²) in [6, 6.07) is 6.57. The second kappa shape index (κ2) is 32.2. The van der Waals surface area contributed by atoms with Gasteiger partial charge in [-0.1, -0.05) is 110 Å². The summed E-state index contributed by atoms with van der Waals surface area (Å²) < 4.78 is 32.8. The van der Waals surface area contributed by atoms with Gasteiger partial charge in [0.2, 0.25) is 11.8 Å². The van der Waals surface area contributed by atoms with Crippen molar-refractivity contribution in [3.8, 4) is 0 Å². The lowest BCUT2D eigenvalue weighted by molar-refractivity contribution is -0.135. The van der Waals surface area contributed by atoms with Gasteiger partial charge < -0.3 is 40.1 Å². The van der Waals surface area contributed by atoms with Gasteiger partial charge in [0.05, 0.1) is 0 Å². The third-order valence-corrected chi connectivity index (χ3v) is 10.2. The standard InChI is InChI=1S/C24H33ClFN3O3.C18H21ClFN3O3.3C4H10/c1-6-9-21(27-19-14-17(25)13-18(26)15-19)22(30)29(11-7-2)20-10-8-12-28(16-20)23(31)32-24(3,4)5;19-12-8-13(20)10-14(9-12)21-16-5-1-2-7-23(17(16)24)15-4-3-6-22(11-15)18(25)26;3*1-4(2)3/h6-7,13-15,20-21,27H,1-2,8-12,16H2,3-5H3;1-2,8-10,15-16,21H,3-7,11H2,(H,25,26);3*4H,1-3H3/t20-,21-;15-,16-;;;/m11.../s1. The second-order valence-electron chi connectivity index (χ2n) is 20.7. The summed E-state index contributed by atoms with van der Waals surface area (Å²) in [5.74, 6) is 1.24. The molecule has 12 nitrogen and oxygen atoms in total. The minimum atomic E-state index is -0.961. The molecule has 3 aliphatic rings. The zero-order valence-electron chi connectivity index (χ0n) is 44.0. The Balaban J connectivity index is 0.000000574. The van der Waals surface area contributed by atoms with Crippen LogP contribution in [-0.4, -0.2) is 118 Å². The number of halogens is 4. The molecule has 0 unspecified atom stereocenters. The summed E-state index contributed by atoms with van der Waals surface area (Å²) in [4.78, 5) is 56.8. The van der Waals surface area contributed by atoms with Crippen molar-refractivity contribution in [2.24, 2.45) is 17.8 Å². The number of anilines is 2. The third-order valence-electron chi connectivity index (χ3n) is 9.73. The molecule has 3 heterocycles. The topological polar surface area (TPSA) is 135 Å². The lowest BCUT2D eigenvalue weighted by Gasteiger charge is -2.40. The highest BCUT2D eigenvalue weighted by Gasteiger charge is 2.36. The molecule has 0 saturated carbocycles. The number of nitrogens with zero attached hydrogens (tertiary/aromatic N) is 4. The number of carboxylic acid groups (broad SMARTS) is 1. The summed E-state index contributed by atoms with van der Waals surface area (Å²) in [7, 11) is 0. The Hall–Kier alpha value is -4.82. The third kappa shape index (κ3) is 25.9. The first-order valence-electron chi connectivity index (χ1n) is 24.6. The van der Waals surface area contributed by atoms with Crippen LogP contribution in [0.1, 0.15) is 122 Å². The van der Waals surface area contributed by atoms with Crippen LogP contribution >= 0.6 is 23.2 Å². The maximum absolute atomic E-state index is 13.8. The van der Waals surface area contributed by atoms with Crippen LogP contribution in [0.25, 0.3) is 0 Å². The first kappa shape index (κ1) is 63.2. The molecule has 2 saturated heterocycles. The maximum Gasteiger partial charge on any atom is 0.410 e.